The van der Waals surface area contributed by atoms with Crippen molar-refractivity contribution >= 4 is 23.6 Å². The number of nitrogens with zero attached hydrogens (tertiary/aromatic N) is 1. The van der Waals surface area contributed by atoms with Gasteiger partial charge in [0.1, 0.15) is 6.04 Å². The zero-order valence-electron chi connectivity index (χ0n) is 9.36. The van der Waals surface area contributed by atoms with Crippen LogP contribution >= 0.6 is 11.8 Å². The first-order valence-corrected chi connectivity index (χ1v) is 6.13. The van der Waals surface area contributed by atoms with Gasteiger partial charge in [0.15, 0.2) is 0 Å². The number of rotatable bonds is 3. The van der Waals surface area contributed by atoms with E-state index in [4.69, 9.17) is 4.74 Å². The average molecular weight is 231 g/mol. The minimum absolute atomic E-state index is 0.0513. The summed E-state index contributed by atoms with van der Waals surface area (Å²) in [7, 11) is 1.37. The summed E-state index contributed by atoms with van der Waals surface area (Å²) in [5, 5.41) is 0.186. The van der Waals surface area contributed by atoms with Gasteiger partial charge in [0.05, 0.1) is 7.11 Å². The Hall–Kier alpha value is -0.710. The fourth-order valence-electron chi connectivity index (χ4n) is 1.91. The molecule has 86 valence electrons. The Morgan fingerprint density at radius 2 is 2.20 bits per heavy atom. The van der Waals surface area contributed by atoms with Crippen molar-refractivity contribution in [3.05, 3.63) is 0 Å². The van der Waals surface area contributed by atoms with Crippen LogP contribution in [0.3, 0.4) is 0 Å². The van der Waals surface area contributed by atoms with Crippen LogP contribution in [0.15, 0.2) is 0 Å². The molecule has 4 nitrogen and oxygen atoms in total. The first kappa shape index (κ1) is 12.4. The van der Waals surface area contributed by atoms with E-state index in [1.54, 1.807) is 16.7 Å². The number of ether oxygens (including phenoxy) is 1. The predicted octanol–water partition coefficient (Wildman–Crippen LogP) is 0.902. The number of methoxy groups -OCH3 is 1. The second kappa shape index (κ2) is 5.39. The van der Waals surface area contributed by atoms with Crippen LogP contribution in [-0.2, 0) is 14.3 Å². The summed E-state index contributed by atoms with van der Waals surface area (Å²) in [6, 6.07) is -0.391. The summed E-state index contributed by atoms with van der Waals surface area (Å²) in [6.07, 6.45) is 0.873. The number of carbonyl (C=O) groups is 2. The van der Waals surface area contributed by atoms with Crippen LogP contribution in [0.2, 0.25) is 0 Å². The highest BCUT2D eigenvalue weighted by Crippen LogP contribution is 2.29. The first-order valence-electron chi connectivity index (χ1n) is 5.08. The third-order valence-corrected chi connectivity index (χ3v) is 3.83. The van der Waals surface area contributed by atoms with E-state index in [0.29, 0.717) is 6.54 Å². The van der Waals surface area contributed by atoms with Crippen LogP contribution in [0.1, 0.15) is 20.3 Å². The standard InChI is InChI=1S/C10H17NO3S/c1-4-15-8-5-6-11(7(2)12)9(8)10(13)14-3/h8-9H,4-6H2,1-3H3. The number of thioether (sulfide) groups is 1. The zero-order valence-corrected chi connectivity index (χ0v) is 10.2. The van der Waals surface area contributed by atoms with Gasteiger partial charge in [0, 0.05) is 18.7 Å². The molecule has 15 heavy (non-hydrogen) atoms. The van der Waals surface area contributed by atoms with E-state index in [1.807, 2.05) is 0 Å². The van der Waals surface area contributed by atoms with Crippen LogP contribution in [-0.4, -0.2) is 47.5 Å². The SMILES string of the molecule is CCSC1CCN(C(C)=O)C1C(=O)OC. The number of hydrogen-bond acceptors (Lipinski definition) is 4. The van der Waals surface area contributed by atoms with Crippen molar-refractivity contribution in [2.24, 2.45) is 0 Å². The van der Waals surface area contributed by atoms with Gasteiger partial charge in [-0.05, 0) is 12.2 Å². The van der Waals surface area contributed by atoms with E-state index in [-0.39, 0.29) is 17.1 Å². The van der Waals surface area contributed by atoms with Crippen LogP contribution in [0.5, 0.6) is 0 Å². The van der Waals surface area contributed by atoms with Gasteiger partial charge in [-0.2, -0.15) is 11.8 Å². The molecule has 1 aliphatic rings. The summed E-state index contributed by atoms with van der Waals surface area (Å²) < 4.78 is 4.74. The molecule has 0 radical (unpaired) electrons. The van der Waals surface area contributed by atoms with E-state index in [1.165, 1.54) is 14.0 Å². The molecule has 0 spiro atoms. The average Bonchev–Trinajstić information content (AvgIpc) is 2.61. The summed E-state index contributed by atoms with van der Waals surface area (Å²) in [6.45, 7) is 4.21. The molecule has 0 bridgehead atoms. The van der Waals surface area contributed by atoms with E-state index in [0.717, 1.165) is 12.2 Å². The Kier molecular flexibility index (Phi) is 4.45. The van der Waals surface area contributed by atoms with E-state index >= 15 is 0 Å². The molecule has 1 fully saturated rings. The molecule has 1 amide bonds. The van der Waals surface area contributed by atoms with Gasteiger partial charge < -0.3 is 9.64 Å². The Labute approximate surface area is 94.3 Å². The quantitative estimate of drug-likeness (QED) is 0.677. The molecule has 0 aromatic heterocycles. The van der Waals surface area contributed by atoms with Crippen molar-refractivity contribution in [1.29, 1.82) is 0 Å². The highest BCUT2D eigenvalue weighted by Gasteiger charge is 2.41. The summed E-state index contributed by atoms with van der Waals surface area (Å²) >= 11 is 1.72. The lowest BCUT2D eigenvalue weighted by molar-refractivity contribution is -0.150. The van der Waals surface area contributed by atoms with Crippen LogP contribution in [0.4, 0.5) is 0 Å². The molecule has 0 N–H and O–H groups in total. The van der Waals surface area contributed by atoms with E-state index < -0.39 is 6.04 Å². The number of esters is 1. The van der Waals surface area contributed by atoms with Crippen LogP contribution in [0.25, 0.3) is 0 Å². The largest absolute Gasteiger partial charge is 0.467 e. The van der Waals surface area contributed by atoms with Crippen molar-refractivity contribution in [1.82, 2.24) is 4.90 Å². The highest BCUT2D eigenvalue weighted by molar-refractivity contribution is 7.99. The minimum atomic E-state index is -0.391. The number of amides is 1. The zero-order chi connectivity index (χ0) is 11.4. The molecule has 0 aliphatic carbocycles. The maximum atomic E-state index is 11.6. The maximum absolute atomic E-state index is 11.6. The van der Waals surface area contributed by atoms with Gasteiger partial charge >= 0.3 is 5.97 Å². The van der Waals surface area contributed by atoms with E-state index in [9.17, 15) is 9.59 Å². The Morgan fingerprint density at radius 1 is 1.53 bits per heavy atom. The molecular weight excluding hydrogens is 214 g/mol. The monoisotopic (exact) mass is 231 g/mol. The topological polar surface area (TPSA) is 46.6 Å². The second-order valence-corrected chi connectivity index (χ2v) is 4.98. The molecule has 1 rings (SSSR count). The minimum Gasteiger partial charge on any atom is -0.467 e. The number of likely N-dealkylation sites (tertiary alicyclic amines) is 1. The normalized spacial score (nSPS) is 25.4. The van der Waals surface area contributed by atoms with Crippen molar-refractivity contribution in [2.75, 3.05) is 19.4 Å². The Balaban J connectivity index is 2.77. The lowest BCUT2D eigenvalue weighted by Gasteiger charge is -2.24. The highest BCUT2D eigenvalue weighted by atomic mass is 32.2. The lowest BCUT2D eigenvalue weighted by atomic mass is 10.2. The van der Waals surface area contributed by atoms with Crippen molar-refractivity contribution in [3.8, 4) is 0 Å². The molecule has 0 aromatic rings. The van der Waals surface area contributed by atoms with Gasteiger partial charge in [0.25, 0.3) is 0 Å². The molecule has 2 atom stereocenters. The molecule has 0 saturated carbocycles. The molecule has 1 aliphatic heterocycles. The first-order chi connectivity index (χ1) is 7.11. The second-order valence-electron chi connectivity index (χ2n) is 3.46. The summed E-state index contributed by atoms with van der Waals surface area (Å²) in [5.41, 5.74) is 0. The molecular formula is C10H17NO3S. The smallest absolute Gasteiger partial charge is 0.329 e. The lowest BCUT2D eigenvalue weighted by Crippen LogP contribution is -2.44. The molecule has 0 aromatic carbocycles. The Bertz CT molecular complexity index is 257. The Morgan fingerprint density at radius 3 is 2.67 bits per heavy atom. The fourth-order valence-corrected chi connectivity index (χ4v) is 3.05. The summed E-state index contributed by atoms with van der Waals surface area (Å²) in [4.78, 5) is 24.5. The predicted molar refractivity (Wildman–Crippen MR) is 59.7 cm³/mol. The van der Waals surface area contributed by atoms with Crippen molar-refractivity contribution < 1.29 is 14.3 Å². The molecule has 1 heterocycles. The van der Waals surface area contributed by atoms with Crippen molar-refractivity contribution in [2.45, 2.75) is 31.6 Å². The third-order valence-electron chi connectivity index (χ3n) is 2.57. The molecule has 5 heteroatoms. The van der Waals surface area contributed by atoms with Crippen LogP contribution in [0, 0.1) is 0 Å². The maximum Gasteiger partial charge on any atom is 0.329 e. The fraction of sp³-hybridized carbons (Fsp3) is 0.800. The van der Waals surface area contributed by atoms with Gasteiger partial charge in [-0.1, -0.05) is 6.92 Å². The van der Waals surface area contributed by atoms with E-state index in [2.05, 4.69) is 6.92 Å². The van der Waals surface area contributed by atoms with Gasteiger partial charge in [-0.3, -0.25) is 4.79 Å². The molecule has 2 unspecified atom stereocenters. The van der Waals surface area contributed by atoms with Gasteiger partial charge in [-0.25, -0.2) is 4.79 Å². The number of hydrogen-bond donors (Lipinski definition) is 0. The van der Waals surface area contributed by atoms with Gasteiger partial charge in [0.2, 0.25) is 5.91 Å². The summed E-state index contributed by atoms with van der Waals surface area (Å²) in [5.74, 6) is 0.599. The third kappa shape index (κ3) is 2.65. The molecule has 1 saturated heterocycles. The number of carbonyl (C=O) groups excluding carboxylic acids is 2. The van der Waals surface area contributed by atoms with Crippen LogP contribution < -0.4 is 0 Å². The van der Waals surface area contributed by atoms with Gasteiger partial charge in [-0.15, -0.1) is 0 Å². The van der Waals surface area contributed by atoms with Crippen molar-refractivity contribution in [3.63, 3.8) is 0 Å².